The Bertz CT molecular complexity index is 423. The maximum atomic E-state index is 11.2. The molecular weight excluding hydrogens is 243 g/mol. The molecular formula is C9H14N4O3P+. The van der Waals surface area contributed by atoms with Gasteiger partial charge >= 0.3 is 13.8 Å². The number of nitrogens with zero attached hydrogens (tertiary/aromatic N) is 1. The summed E-state index contributed by atoms with van der Waals surface area (Å²) in [5, 5.41) is 7.92. The van der Waals surface area contributed by atoms with Crippen LogP contribution in [0.3, 0.4) is 0 Å². The summed E-state index contributed by atoms with van der Waals surface area (Å²) in [7, 11) is -1.12. The van der Waals surface area contributed by atoms with E-state index in [1.165, 1.54) is 7.11 Å². The first-order valence-corrected chi connectivity index (χ1v) is 5.92. The van der Waals surface area contributed by atoms with E-state index in [2.05, 4.69) is 0 Å². The fourth-order valence-electron chi connectivity index (χ4n) is 1.30. The first-order chi connectivity index (χ1) is 7.97. The van der Waals surface area contributed by atoms with Crippen molar-refractivity contribution in [1.29, 1.82) is 5.41 Å². The lowest BCUT2D eigenvalue weighted by Crippen LogP contribution is -2.43. The third-order valence-corrected chi connectivity index (χ3v) is 3.13. The van der Waals surface area contributed by atoms with Crippen molar-refractivity contribution >= 4 is 14.0 Å². The molecule has 0 spiro atoms. The highest BCUT2D eigenvalue weighted by atomic mass is 31.1. The van der Waals surface area contributed by atoms with Crippen molar-refractivity contribution in [3.63, 3.8) is 0 Å². The molecule has 1 aromatic rings. The summed E-state index contributed by atoms with van der Waals surface area (Å²) < 4.78 is 16.2. The molecule has 0 amide bonds. The number of methoxy groups -OCH3 is 1. The maximum absolute atomic E-state index is 11.2. The average molecular weight is 257 g/mol. The number of hydrogen-bond acceptors (Lipinski definition) is 4. The van der Waals surface area contributed by atoms with Crippen LogP contribution in [-0.2, 0) is 4.57 Å². The third kappa shape index (κ3) is 3.13. The molecule has 6 N–H and O–H groups in total. The van der Waals surface area contributed by atoms with E-state index in [1.807, 2.05) is 0 Å². The van der Waals surface area contributed by atoms with Crippen LogP contribution in [0, 0.1) is 5.41 Å². The van der Waals surface area contributed by atoms with Gasteiger partial charge in [-0.3, -0.25) is 5.41 Å². The lowest BCUT2D eigenvalue weighted by Gasteiger charge is -2.18. The van der Waals surface area contributed by atoms with Gasteiger partial charge in [0.05, 0.1) is 7.11 Å². The van der Waals surface area contributed by atoms with Crippen LogP contribution in [0.5, 0.6) is 5.75 Å². The van der Waals surface area contributed by atoms with Crippen molar-refractivity contribution < 1.29 is 14.2 Å². The Morgan fingerprint density at radius 2 is 2.06 bits per heavy atom. The zero-order chi connectivity index (χ0) is 13.0. The van der Waals surface area contributed by atoms with Gasteiger partial charge in [0, 0.05) is 5.56 Å². The molecule has 0 aliphatic rings. The minimum absolute atomic E-state index is 0.479. The Morgan fingerprint density at radius 3 is 2.41 bits per heavy atom. The van der Waals surface area contributed by atoms with Gasteiger partial charge in [0.2, 0.25) is 5.96 Å². The van der Waals surface area contributed by atoms with Crippen molar-refractivity contribution in [3.05, 3.63) is 29.8 Å². The van der Waals surface area contributed by atoms with Gasteiger partial charge in [-0.15, -0.1) is 0 Å². The molecule has 92 valence electrons. The van der Waals surface area contributed by atoms with E-state index in [1.54, 1.807) is 24.3 Å². The van der Waals surface area contributed by atoms with Crippen LogP contribution in [0.2, 0.25) is 0 Å². The molecule has 0 saturated heterocycles. The highest BCUT2D eigenvalue weighted by Gasteiger charge is 2.37. The summed E-state index contributed by atoms with van der Waals surface area (Å²) in [5.41, 5.74) is 5.67. The molecule has 0 radical (unpaired) electrons. The first kappa shape index (κ1) is 13.4. The Balaban J connectivity index is 3.05. The number of guanidine groups is 1. The third-order valence-electron chi connectivity index (χ3n) is 2.16. The topological polar surface area (TPSA) is 126 Å². The zero-order valence-corrected chi connectivity index (χ0v) is 10.1. The Morgan fingerprint density at radius 1 is 1.53 bits per heavy atom. The SMILES string of the molecule is COc1ccc(C(N(N)C(=N)N)[P+](=O)O)cc1. The second kappa shape index (κ2) is 5.58. The molecule has 0 saturated carbocycles. The number of nitrogens with two attached hydrogens (primary N) is 2. The van der Waals surface area contributed by atoms with Gasteiger partial charge < -0.3 is 10.5 Å². The van der Waals surface area contributed by atoms with Gasteiger partial charge in [-0.05, 0) is 28.8 Å². The van der Waals surface area contributed by atoms with E-state index in [9.17, 15) is 9.46 Å². The highest BCUT2D eigenvalue weighted by Crippen LogP contribution is 2.39. The zero-order valence-electron chi connectivity index (χ0n) is 9.20. The fourth-order valence-corrected chi connectivity index (χ4v) is 2.07. The Hall–Kier alpha value is -1.69. The molecule has 0 heterocycles. The van der Waals surface area contributed by atoms with Gasteiger partial charge in [-0.2, -0.15) is 4.89 Å². The van der Waals surface area contributed by atoms with Gasteiger partial charge in [-0.25, -0.2) is 10.9 Å². The van der Waals surface area contributed by atoms with Crippen LogP contribution in [0.15, 0.2) is 24.3 Å². The number of ether oxygens (including phenoxy) is 1. The smallest absolute Gasteiger partial charge is 0.497 e. The van der Waals surface area contributed by atoms with Gasteiger partial charge in [0.25, 0.3) is 0 Å². The standard InChI is InChI=1S/C9H13N4O3P/c1-16-7-4-2-6(3-5-7)8(17(14)15)13(12)9(10)11/h2-5,8H,12H2,1H3,(H3-,10,11,14,15)/p+1. The highest BCUT2D eigenvalue weighted by molar-refractivity contribution is 7.38. The molecule has 2 unspecified atom stereocenters. The molecule has 17 heavy (non-hydrogen) atoms. The van der Waals surface area contributed by atoms with E-state index in [4.69, 9.17) is 21.7 Å². The fraction of sp³-hybridized carbons (Fsp3) is 0.222. The predicted molar refractivity (Wildman–Crippen MR) is 63.5 cm³/mol. The second-order valence-corrected chi connectivity index (χ2v) is 4.34. The molecule has 0 aromatic heterocycles. The van der Waals surface area contributed by atoms with E-state index in [-0.39, 0.29) is 0 Å². The first-order valence-electron chi connectivity index (χ1n) is 4.64. The van der Waals surface area contributed by atoms with Crippen molar-refractivity contribution in [1.82, 2.24) is 5.01 Å². The number of hydrogen-bond donors (Lipinski definition) is 4. The quantitative estimate of drug-likeness (QED) is 0.204. The van der Waals surface area contributed by atoms with E-state index in [0.29, 0.717) is 11.3 Å². The molecule has 7 nitrogen and oxygen atoms in total. The van der Waals surface area contributed by atoms with Crippen LogP contribution in [-0.4, -0.2) is 23.0 Å². The van der Waals surface area contributed by atoms with Crippen molar-refractivity contribution in [2.75, 3.05) is 7.11 Å². The Labute approximate surface area is 99.3 Å². The van der Waals surface area contributed by atoms with Crippen LogP contribution >= 0.6 is 8.03 Å². The monoisotopic (exact) mass is 257 g/mol. The van der Waals surface area contributed by atoms with E-state index < -0.39 is 19.8 Å². The molecule has 1 aromatic carbocycles. The van der Waals surface area contributed by atoms with Gasteiger partial charge in [0.1, 0.15) is 5.75 Å². The Kier molecular flexibility index (Phi) is 4.39. The largest absolute Gasteiger partial charge is 0.537 e. The molecule has 2 atom stereocenters. The van der Waals surface area contributed by atoms with Crippen molar-refractivity contribution in [3.8, 4) is 5.75 Å². The van der Waals surface area contributed by atoms with E-state index >= 15 is 0 Å². The summed E-state index contributed by atoms with van der Waals surface area (Å²) in [4.78, 5) is 9.22. The van der Waals surface area contributed by atoms with Crippen LogP contribution in [0.1, 0.15) is 11.3 Å². The van der Waals surface area contributed by atoms with Gasteiger partial charge in [0.15, 0.2) is 0 Å². The summed E-state index contributed by atoms with van der Waals surface area (Å²) in [6.45, 7) is 0. The predicted octanol–water partition coefficient (Wildman–Crippen LogP) is 0.498. The molecule has 1 rings (SSSR count). The summed E-state index contributed by atoms with van der Waals surface area (Å²) >= 11 is 0. The maximum Gasteiger partial charge on any atom is 0.537 e. The van der Waals surface area contributed by atoms with Crippen LogP contribution < -0.4 is 16.3 Å². The number of hydrazine groups is 1. The molecule has 8 heteroatoms. The van der Waals surface area contributed by atoms with Crippen LogP contribution in [0.25, 0.3) is 0 Å². The summed E-state index contributed by atoms with van der Waals surface area (Å²) in [6, 6.07) is 6.45. The normalized spacial score (nSPS) is 12.8. The van der Waals surface area contributed by atoms with Crippen LogP contribution in [0.4, 0.5) is 0 Å². The molecule has 0 bridgehead atoms. The van der Waals surface area contributed by atoms with Crippen molar-refractivity contribution in [2.45, 2.75) is 5.78 Å². The number of nitrogens with one attached hydrogen (secondary N) is 1. The number of rotatable bonds is 4. The second-order valence-electron chi connectivity index (χ2n) is 3.24. The molecule has 0 aliphatic heterocycles. The molecule has 0 aliphatic carbocycles. The van der Waals surface area contributed by atoms with Gasteiger partial charge in [-0.1, -0.05) is 0 Å². The molecule has 0 fully saturated rings. The lowest BCUT2D eigenvalue weighted by molar-refractivity contribution is 0.368. The van der Waals surface area contributed by atoms with E-state index in [0.717, 1.165) is 5.01 Å². The minimum atomic E-state index is -2.64. The summed E-state index contributed by atoms with van der Waals surface area (Å²) in [6.07, 6.45) is 0. The minimum Gasteiger partial charge on any atom is -0.497 e. The summed E-state index contributed by atoms with van der Waals surface area (Å²) in [5.74, 6) is 4.56. The average Bonchev–Trinajstić information content (AvgIpc) is 2.29. The lowest BCUT2D eigenvalue weighted by atomic mass is 10.2. The van der Waals surface area contributed by atoms with Crippen molar-refractivity contribution in [2.24, 2.45) is 11.6 Å². The number of benzene rings is 1.